The Kier molecular flexibility index (Phi) is 10.4. The molecule has 2 aromatic carbocycles. The van der Waals surface area contributed by atoms with Crippen LogP contribution in [0.5, 0.6) is 5.75 Å². The molecule has 0 saturated carbocycles. The van der Waals surface area contributed by atoms with Crippen LogP contribution in [0.2, 0.25) is 0 Å². The Morgan fingerprint density at radius 1 is 0.977 bits per heavy atom. The third kappa shape index (κ3) is 8.10. The first-order valence-electron chi connectivity index (χ1n) is 14.3. The third-order valence-electron chi connectivity index (χ3n) is 7.51. The fraction of sp³-hybridized carbons (Fsp3) is 0.452. The van der Waals surface area contributed by atoms with E-state index in [1.54, 1.807) is 38.1 Å². The van der Waals surface area contributed by atoms with Gasteiger partial charge >= 0.3 is 0 Å². The summed E-state index contributed by atoms with van der Waals surface area (Å²) in [6, 6.07) is 14.0. The minimum atomic E-state index is -1.11. The maximum absolute atomic E-state index is 13.6. The van der Waals surface area contributed by atoms with Crippen LogP contribution in [0, 0.1) is 5.92 Å². The summed E-state index contributed by atoms with van der Waals surface area (Å²) in [5.74, 6) is -1.96. The maximum Gasteiger partial charge on any atom is 0.254 e. The zero-order valence-electron chi connectivity index (χ0n) is 24.9. The molecule has 2 aromatic rings. The molecule has 230 valence electrons. The predicted octanol–water partition coefficient (Wildman–Crippen LogP) is 0.361. The first-order valence-corrected chi connectivity index (χ1v) is 14.3. The minimum absolute atomic E-state index is 0.000371. The van der Waals surface area contributed by atoms with E-state index in [4.69, 9.17) is 9.47 Å². The number of hydrogen-bond acceptors (Lipinski definition) is 7. The molecule has 0 unspecified atom stereocenters. The van der Waals surface area contributed by atoms with Gasteiger partial charge in [-0.1, -0.05) is 44.2 Å². The second-order valence-corrected chi connectivity index (χ2v) is 11.2. The summed E-state index contributed by atoms with van der Waals surface area (Å²) >= 11 is 0. The Bertz CT molecular complexity index is 1320. The van der Waals surface area contributed by atoms with Crippen molar-refractivity contribution in [2.45, 2.75) is 44.6 Å². The van der Waals surface area contributed by atoms with Crippen molar-refractivity contribution < 1.29 is 33.4 Å². The molecule has 2 fully saturated rings. The van der Waals surface area contributed by atoms with Crippen molar-refractivity contribution in [3.05, 3.63) is 65.7 Å². The van der Waals surface area contributed by atoms with Gasteiger partial charge in [-0.15, -0.1) is 0 Å². The number of likely N-dealkylation sites (N-methyl/N-ethyl adjacent to an activating group) is 1. The van der Waals surface area contributed by atoms with Crippen LogP contribution in [-0.2, 0) is 30.3 Å². The summed E-state index contributed by atoms with van der Waals surface area (Å²) in [7, 11) is 3.00. The smallest absolute Gasteiger partial charge is 0.254 e. The highest BCUT2D eigenvalue weighted by Gasteiger charge is 2.38. The van der Waals surface area contributed by atoms with Gasteiger partial charge in [-0.25, -0.2) is 0 Å². The third-order valence-corrected chi connectivity index (χ3v) is 7.51. The number of methoxy groups -OCH3 is 1. The van der Waals surface area contributed by atoms with Gasteiger partial charge in [0, 0.05) is 32.1 Å². The number of morpholine rings is 1. The lowest BCUT2D eigenvalue weighted by atomic mass is 10.0. The summed E-state index contributed by atoms with van der Waals surface area (Å²) in [5.41, 5.74) is 1.21. The van der Waals surface area contributed by atoms with E-state index in [2.05, 4.69) is 16.0 Å². The highest BCUT2D eigenvalue weighted by atomic mass is 16.5. The second-order valence-electron chi connectivity index (χ2n) is 11.2. The topological polar surface area (TPSA) is 146 Å². The molecule has 4 atom stereocenters. The quantitative estimate of drug-likeness (QED) is 0.454. The highest BCUT2D eigenvalue weighted by molar-refractivity contribution is 5.96. The van der Waals surface area contributed by atoms with Gasteiger partial charge in [0.05, 0.1) is 26.3 Å². The average Bonchev–Trinajstić information content (AvgIpc) is 3.01. The summed E-state index contributed by atoms with van der Waals surface area (Å²) in [6.07, 6.45) is -1.66. The van der Waals surface area contributed by atoms with E-state index in [0.717, 1.165) is 5.56 Å². The molecule has 2 heterocycles. The van der Waals surface area contributed by atoms with Crippen LogP contribution in [0.3, 0.4) is 0 Å². The van der Waals surface area contributed by atoms with Gasteiger partial charge in [0.15, 0.2) is 6.10 Å². The van der Waals surface area contributed by atoms with Crippen molar-refractivity contribution in [2.24, 2.45) is 5.92 Å². The van der Waals surface area contributed by atoms with E-state index in [1.807, 2.05) is 30.3 Å². The Hall–Kier alpha value is -4.45. The zero-order valence-corrected chi connectivity index (χ0v) is 24.9. The number of amides is 5. The molecule has 0 radical (unpaired) electrons. The Balaban J connectivity index is 1.65. The van der Waals surface area contributed by atoms with Crippen LogP contribution >= 0.6 is 0 Å². The number of ether oxygens (including phenoxy) is 2. The highest BCUT2D eigenvalue weighted by Crippen LogP contribution is 2.19. The van der Waals surface area contributed by atoms with Crippen LogP contribution in [0.1, 0.15) is 29.8 Å². The number of benzene rings is 2. The number of carbonyl (C=O) groups excluding carboxylic acids is 5. The Labute approximate surface area is 251 Å². The fourth-order valence-corrected chi connectivity index (χ4v) is 5.13. The molecule has 12 nitrogen and oxygen atoms in total. The van der Waals surface area contributed by atoms with E-state index in [0.29, 0.717) is 11.3 Å². The number of rotatable bonds is 5. The van der Waals surface area contributed by atoms with E-state index < -0.39 is 47.9 Å². The van der Waals surface area contributed by atoms with Crippen molar-refractivity contribution in [3.63, 3.8) is 0 Å². The zero-order chi connectivity index (χ0) is 31.1. The molecule has 5 amide bonds. The Morgan fingerprint density at radius 2 is 1.67 bits per heavy atom. The van der Waals surface area contributed by atoms with Gasteiger partial charge in [-0.05, 0) is 35.7 Å². The van der Waals surface area contributed by atoms with Crippen molar-refractivity contribution in [3.8, 4) is 5.75 Å². The van der Waals surface area contributed by atoms with Crippen molar-refractivity contribution in [1.29, 1.82) is 0 Å². The van der Waals surface area contributed by atoms with E-state index in [1.165, 1.54) is 24.0 Å². The molecule has 2 aliphatic heterocycles. The standard InChI is InChI=1S/C31H39N5O7/c1-19(2)27-29(39)32-15-23-16-36(30(40)21-10-12-22(42-4)13-11-21)17-25(43-23)28(38)33-24(14-20-8-6-5-7-9-20)31(41)35(3)18-26(37)34-27/h5-13,19,23-25,27H,14-18H2,1-4H3,(H,32,39)(H,33,38)(H,34,37)/t23-,24+,25+,27-/m0/s1. The van der Waals surface area contributed by atoms with Crippen LogP contribution in [0.4, 0.5) is 0 Å². The molecular weight excluding hydrogens is 554 g/mol. The van der Waals surface area contributed by atoms with Crippen molar-refractivity contribution in [1.82, 2.24) is 25.8 Å². The predicted molar refractivity (Wildman–Crippen MR) is 157 cm³/mol. The molecule has 2 saturated heterocycles. The van der Waals surface area contributed by atoms with Gasteiger partial charge in [0.2, 0.25) is 17.7 Å². The van der Waals surface area contributed by atoms with Gasteiger partial charge < -0.3 is 35.2 Å². The number of nitrogens with zero attached hydrogens (tertiary/aromatic N) is 2. The van der Waals surface area contributed by atoms with Gasteiger partial charge in [-0.3, -0.25) is 24.0 Å². The van der Waals surface area contributed by atoms with Crippen molar-refractivity contribution >= 4 is 29.5 Å². The number of carbonyl (C=O) groups is 5. The molecule has 0 spiro atoms. The molecule has 2 aliphatic rings. The normalized spacial score (nSPS) is 23.9. The number of nitrogens with one attached hydrogen (secondary N) is 3. The lowest BCUT2D eigenvalue weighted by molar-refractivity contribution is -0.148. The Morgan fingerprint density at radius 3 is 2.33 bits per heavy atom. The lowest BCUT2D eigenvalue weighted by Crippen LogP contribution is -2.59. The van der Waals surface area contributed by atoms with E-state index in [9.17, 15) is 24.0 Å². The molecule has 0 aromatic heterocycles. The number of hydrogen-bond donors (Lipinski definition) is 3. The van der Waals surface area contributed by atoms with Gasteiger partial charge in [0.25, 0.3) is 11.8 Å². The average molecular weight is 594 g/mol. The summed E-state index contributed by atoms with van der Waals surface area (Å²) in [4.78, 5) is 69.5. The first kappa shape index (κ1) is 31.5. The second kappa shape index (κ2) is 14.1. The van der Waals surface area contributed by atoms with Gasteiger partial charge in [-0.2, -0.15) is 0 Å². The molecule has 43 heavy (non-hydrogen) atoms. The summed E-state index contributed by atoms with van der Waals surface area (Å²) in [5, 5.41) is 8.34. The maximum atomic E-state index is 13.6. The van der Waals surface area contributed by atoms with Crippen LogP contribution in [0.15, 0.2) is 54.6 Å². The lowest BCUT2D eigenvalue weighted by Gasteiger charge is -2.38. The SMILES string of the molecule is COc1ccc(C(=O)N2C[C@@H]3CNC(=O)[C@H](C(C)C)NC(=O)CN(C)C(=O)[C@@H](Cc4ccccc4)NC(=O)[C@@H](C2)O3)cc1. The summed E-state index contributed by atoms with van der Waals surface area (Å²) < 4.78 is 11.3. The molecular formula is C31H39N5O7. The summed E-state index contributed by atoms with van der Waals surface area (Å²) in [6.45, 7) is 3.35. The molecule has 0 aliphatic carbocycles. The van der Waals surface area contributed by atoms with Crippen molar-refractivity contribution in [2.75, 3.05) is 40.3 Å². The van der Waals surface area contributed by atoms with E-state index >= 15 is 0 Å². The molecule has 4 rings (SSSR count). The van der Waals surface area contributed by atoms with Crippen LogP contribution in [0.25, 0.3) is 0 Å². The largest absolute Gasteiger partial charge is 0.497 e. The van der Waals surface area contributed by atoms with Gasteiger partial charge in [0.1, 0.15) is 17.8 Å². The minimum Gasteiger partial charge on any atom is -0.497 e. The fourth-order valence-electron chi connectivity index (χ4n) is 5.13. The van der Waals surface area contributed by atoms with E-state index in [-0.39, 0.29) is 44.4 Å². The first-order chi connectivity index (χ1) is 20.5. The van der Waals surface area contributed by atoms with Crippen LogP contribution in [-0.4, -0.2) is 104 Å². The monoisotopic (exact) mass is 593 g/mol. The van der Waals surface area contributed by atoms with Crippen LogP contribution < -0.4 is 20.7 Å². The molecule has 12 heteroatoms. The molecule has 2 bridgehead atoms. The number of fused-ring (bicyclic) bond motifs is 2. The molecule has 3 N–H and O–H groups in total.